The maximum atomic E-state index is 10.7. The van der Waals surface area contributed by atoms with Gasteiger partial charge in [-0.15, -0.1) is 10.2 Å². The number of aliphatic hydroxyl groups is 1. The van der Waals surface area contributed by atoms with Crippen LogP contribution in [-0.4, -0.2) is 55.5 Å². The Morgan fingerprint density at radius 3 is 2.74 bits per heavy atom. The lowest BCUT2D eigenvalue weighted by Crippen LogP contribution is -2.42. The molecule has 8 heteroatoms. The summed E-state index contributed by atoms with van der Waals surface area (Å²) < 4.78 is 12.0. The Hall–Kier alpha value is -2.84. The molecular weight excluding hydrogens is 394 g/mol. The third kappa shape index (κ3) is 4.31. The van der Waals surface area contributed by atoms with Crippen molar-refractivity contribution in [3.63, 3.8) is 0 Å². The van der Waals surface area contributed by atoms with E-state index in [1.807, 2.05) is 38.1 Å². The highest BCUT2D eigenvalue weighted by Crippen LogP contribution is 2.38. The molecule has 1 saturated carbocycles. The first-order valence-corrected chi connectivity index (χ1v) is 10.8. The fraction of sp³-hybridized carbons (Fsp3) is 0.478. The predicted octanol–water partition coefficient (Wildman–Crippen LogP) is 2.79. The summed E-state index contributed by atoms with van der Waals surface area (Å²) in [6.07, 6.45) is 4.34. The molecule has 1 saturated heterocycles. The molecule has 3 aromatic rings. The van der Waals surface area contributed by atoms with Gasteiger partial charge >= 0.3 is 0 Å². The number of rotatable bonds is 5. The van der Waals surface area contributed by atoms with E-state index < -0.39 is 6.10 Å². The van der Waals surface area contributed by atoms with E-state index in [0.717, 1.165) is 48.6 Å². The molecule has 3 aromatic heterocycles. The SMILES string of the molecule is Cc1ccc(O[C@@H]2C[C@@H]3CN(Cc4nnc(-c5cccnc5)o4)C[C@@H]3C[C@H]2O)c(C)n1. The van der Waals surface area contributed by atoms with Gasteiger partial charge < -0.3 is 14.3 Å². The lowest BCUT2D eigenvalue weighted by Gasteiger charge is -2.35. The van der Waals surface area contributed by atoms with Crippen LogP contribution in [0.1, 0.15) is 30.1 Å². The number of aromatic nitrogens is 4. The van der Waals surface area contributed by atoms with Crippen molar-refractivity contribution in [2.75, 3.05) is 13.1 Å². The molecular formula is C23H27N5O3. The zero-order valence-electron chi connectivity index (χ0n) is 17.8. The zero-order chi connectivity index (χ0) is 21.4. The van der Waals surface area contributed by atoms with Gasteiger partial charge in [-0.2, -0.15) is 0 Å². The van der Waals surface area contributed by atoms with Crippen molar-refractivity contribution in [1.82, 2.24) is 25.1 Å². The van der Waals surface area contributed by atoms with Gasteiger partial charge in [0.05, 0.1) is 23.9 Å². The molecule has 2 aliphatic rings. The van der Waals surface area contributed by atoms with E-state index in [0.29, 0.717) is 30.2 Å². The van der Waals surface area contributed by atoms with E-state index >= 15 is 0 Å². The quantitative estimate of drug-likeness (QED) is 0.672. The summed E-state index contributed by atoms with van der Waals surface area (Å²) in [5, 5.41) is 19.1. The van der Waals surface area contributed by atoms with Crippen LogP contribution in [0, 0.1) is 25.7 Å². The minimum atomic E-state index is -0.470. The Balaban J connectivity index is 1.21. The van der Waals surface area contributed by atoms with Crippen molar-refractivity contribution in [3.05, 3.63) is 53.9 Å². The van der Waals surface area contributed by atoms with Crippen LogP contribution in [0.2, 0.25) is 0 Å². The molecule has 4 heterocycles. The summed E-state index contributed by atoms with van der Waals surface area (Å²) in [6.45, 7) is 6.38. The third-order valence-corrected chi connectivity index (χ3v) is 6.35. The van der Waals surface area contributed by atoms with Crippen molar-refractivity contribution >= 4 is 0 Å². The minimum absolute atomic E-state index is 0.204. The number of ether oxygens (including phenoxy) is 1. The highest BCUT2D eigenvalue weighted by molar-refractivity contribution is 5.49. The lowest BCUT2D eigenvalue weighted by atomic mass is 9.78. The van der Waals surface area contributed by atoms with E-state index in [2.05, 4.69) is 25.1 Å². The highest BCUT2D eigenvalue weighted by atomic mass is 16.5. The molecule has 8 nitrogen and oxygen atoms in total. The number of hydrogen-bond donors (Lipinski definition) is 1. The Morgan fingerprint density at radius 2 is 1.97 bits per heavy atom. The van der Waals surface area contributed by atoms with Crippen LogP contribution in [0.25, 0.3) is 11.5 Å². The number of fused-ring (bicyclic) bond motifs is 1. The van der Waals surface area contributed by atoms with Crippen LogP contribution in [0.15, 0.2) is 41.1 Å². The van der Waals surface area contributed by atoms with Crippen molar-refractivity contribution in [2.45, 2.75) is 45.4 Å². The van der Waals surface area contributed by atoms with Gasteiger partial charge in [-0.05, 0) is 62.8 Å². The second-order valence-corrected chi connectivity index (χ2v) is 8.69. The Kier molecular flexibility index (Phi) is 5.41. The first-order valence-electron chi connectivity index (χ1n) is 10.8. The molecule has 1 aliphatic carbocycles. The fourth-order valence-electron chi connectivity index (χ4n) is 4.82. The molecule has 0 unspecified atom stereocenters. The molecule has 2 fully saturated rings. The van der Waals surface area contributed by atoms with Gasteiger partial charge in [0.15, 0.2) is 0 Å². The molecule has 0 aromatic carbocycles. The van der Waals surface area contributed by atoms with Crippen molar-refractivity contribution in [2.24, 2.45) is 11.8 Å². The molecule has 0 radical (unpaired) electrons. The maximum absolute atomic E-state index is 10.7. The number of aryl methyl sites for hydroxylation is 2. The molecule has 5 rings (SSSR count). The number of pyridine rings is 2. The molecule has 0 amide bonds. The van der Waals surface area contributed by atoms with E-state index in [-0.39, 0.29) is 6.10 Å². The van der Waals surface area contributed by atoms with Gasteiger partial charge in [-0.1, -0.05) is 0 Å². The van der Waals surface area contributed by atoms with Crippen LogP contribution in [0.5, 0.6) is 5.75 Å². The molecule has 0 spiro atoms. The molecule has 0 bridgehead atoms. The second-order valence-electron chi connectivity index (χ2n) is 8.69. The first kappa shape index (κ1) is 20.1. The Bertz CT molecular complexity index is 1040. The van der Waals surface area contributed by atoms with Crippen LogP contribution < -0.4 is 4.74 Å². The number of aliphatic hydroxyl groups excluding tert-OH is 1. The van der Waals surface area contributed by atoms with E-state index in [4.69, 9.17) is 9.15 Å². The van der Waals surface area contributed by atoms with Gasteiger partial charge in [0.1, 0.15) is 11.9 Å². The minimum Gasteiger partial charge on any atom is -0.486 e. The maximum Gasteiger partial charge on any atom is 0.249 e. The first-order chi connectivity index (χ1) is 15.0. The molecule has 31 heavy (non-hydrogen) atoms. The largest absolute Gasteiger partial charge is 0.486 e. The lowest BCUT2D eigenvalue weighted by molar-refractivity contribution is -0.0236. The molecule has 1 aliphatic heterocycles. The van der Waals surface area contributed by atoms with E-state index in [9.17, 15) is 5.11 Å². The van der Waals surface area contributed by atoms with Gasteiger partial charge in [0, 0.05) is 31.2 Å². The number of likely N-dealkylation sites (tertiary alicyclic amines) is 1. The van der Waals surface area contributed by atoms with Crippen LogP contribution in [0.3, 0.4) is 0 Å². The third-order valence-electron chi connectivity index (χ3n) is 6.35. The smallest absolute Gasteiger partial charge is 0.249 e. The van der Waals surface area contributed by atoms with Crippen molar-refractivity contribution in [3.8, 4) is 17.2 Å². The predicted molar refractivity (Wildman–Crippen MR) is 113 cm³/mol. The van der Waals surface area contributed by atoms with E-state index in [1.165, 1.54) is 0 Å². The number of hydrogen-bond acceptors (Lipinski definition) is 8. The van der Waals surface area contributed by atoms with Gasteiger partial charge in [-0.3, -0.25) is 14.9 Å². The molecule has 1 N–H and O–H groups in total. The summed E-state index contributed by atoms with van der Waals surface area (Å²) in [6, 6.07) is 7.65. The van der Waals surface area contributed by atoms with Crippen molar-refractivity contribution in [1.29, 1.82) is 0 Å². The van der Waals surface area contributed by atoms with Gasteiger partial charge in [0.25, 0.3) is 0 Å². The van der Waals surface area contributed by atoms with Crippen LogP contribution in [-0.2, 0) is 6.54 Å². The summed E-state index contributed by atoms with van der Waals surface area (Å²) in [5.74, 6) is 2.79. The standard InChI is InChI=1S/C23H27N5O3/c1-14-5-6-20(15(2)25-14)30-21-9-18-12-28(11-17(18)8-19(21)29)13-22-26-27-23(31-22)16-4-3-7-24-10-16/h3-7,10,17-19,21,29H,8-9,11-13H2,1-2H3/t17-,18+,19+,21+/m0/s1. The molecule has 4 atom stereocenters. The summed E-state index contributed by atoms with van der Waals surface area (Å²) >= 11 is 0. The molecule has 162 valence electrons. The topological polar surface area (TPSA) is 97.4 Å². The average molecular weight is 422 g/mol. The summed E-state index contributed by atoms with van der Waals surface area (Å²) in [5.41, 5.74) is 2.65. The van der Waals surface area contributed by atoms with Crippen molar-refractivity contribution < 1.29 is 14.3 Å². The Labute approximate surface area is 181 Å². The Morgan fingerprint density at radius 1 is 1.13 bits per heavy atom. The van der Waals surface area contributed by atoms with Gasteiger partial charge in [0.2, 0.25) is 11.8 Å². The fourth-order valence-corrected chi connectivity index (χ4v) is 4.82. The monoisotopic (exact) mass is 421 g/mol. The second kappa shape index (κ2) is 8.36. The van der Waals surface area contributed by atoms with E-state index in [1.54, 1.807) is 12.4 Å². The van der Waals surface area contributed by atoms with Crippen LogP contribution in [0.4, 0.5) is 0 Å². The van der Waals surface area contributed by atoms with Gasteiger partial charge in [-0.25, -0.2) is 0 Å². The highest BCUT2D eigenvalue weighted by Gasteiger charge is 2.43. The summed E-state index contributed by atoms with van der Waals surface area (Å²) in [7, 11) is 0. The van der Waals surface area contributed by atoms with Crippen LogP contribution >= 0.6 is 0 Å². The normalized spacial score (nSPS) is 26.0. The average Bonchev–Trinajstić information content (AvgIpc) is 3.37. The number of nitrogens with zero attached hydrogens (tertiary/aromatic N) is 5. The summed E-state index contributed by atoms with van der Waals surface area (Å²) in [4.78, 5) is 10.9. The zero-order valence-corrected chi connectivity index (χ0v) is 17.8.